The van der Waals surface area contributed by atoms with Crippen LogP contribution in [0.5, 0.6) is 0 Å². The Hall–Kier alpha value is 0.130. The summed E-state index contributed by atoms with van der Waals surface area (Å²) in [6, 6.07) is 4.89. The molecule has 0 aliphatic rings. The van der Waals surface area contributed by atoms with Gasteiger partial charge in [-0.15, -0.1) is 11.6 Å². The molecule has 1 rings (SSSR count). The van der Waals surface area contributed by atoms with Gasteiger partial charge >= 0.3 is 5.51 Å². The van der Waals surface area contributed by atoms with Crippen LogP contribution in [0.25, 0.3) is 0 Å². The Labute approximate surface area is 116 Å². The van der Waals surface area contributed by atoms with Gasteiger partial charge in [-0.1, -0.05) is 28.1 Å². The number of halogens is 5. The monoisotopic (exact) mass is 346 g/mol. The van der Waals surface area contributed by atoms with E-state index in [0.29, 0.717) is 12.0 Å². The Morgan fingerprint density at radius 1 is 1.29 bits per heavy atom. The molecular formula is C11H11BrClF3S. The zero-order chi connectivity index (χ0) is 12.9. The molecule has 96 valence electrons. The fourth-order valence-electron chi connectivity index (χ4n) is 1.48. The molecule has 0 aliphatic carbocycles. The van der Waals surface area contributed by atoms with Crippen molar-refractivity contribution < 1.29 is 13.2 Å². The highest BCUT2D eigenvalue weighted by Crippen LogP contribution is 2.39. The highest BCUT2D eigenvalue weighted by molar-refractivity contribution is 9.09. The SMILES string of the molecule is FC(F)(F)Sc1cccc(CCl)c1CCCBr. The summed E-state index contributed by atoms with van der Waals surface area (Å²) < 4.78 is 37.2. The fraction of sp³-hybridized carbons (Fsp3) is 0.455. The highest BCUT2D eigenvalue weighted by atomic mass is 79.9. The molecule has 6 heteroatoms. The molecule has 0 nitrogen and oxygen atoms in total. The van der Waals surface area contributed by atoms with Crippen molar-refractivity contribution >= 4 is 39.3 Å². The minimum absolute atomic E-state index is 0.0666. The Kier molecular flexibility index (Phi) is 6.17. The van der Waals surface area contributed by atoms with E-state index in [1.54, 1.807) is 12.1 Å². The van der Waals surface area contributed by atoms with Gasteiger partial charge in [0, 0.05) is 16.1 Å². The van der Waals surface area contributed by atoms with Gasteiger partial charge in [0.1, 0.15) is 0 Å². The molecule has 0 amide bonds. The molecule has 0 aromatic heterocycles. The second-order valence-electron chi connectivity index (χ2n) is 3.37. The molecule has 0 aliphatic heterocycles. The van der Waals surface area contributed by atoms with Crippen LogP contribution in [0.15, 0.2) is 23.1 Å². The molecule has 0 atom stereocenters. The van der Waals surface area contributed by atoms with E-state index in [1.165, 1.54) is 6.07 Å². The molecule has 0 unspecified atom stereocenters. The lowest BCUT2D eigenvalue weighted by molar-refractivity contribution is -0.0328. The van der Waals surface area contributed by atoms with E-state index in [0.717, 1.165) is 17.3 Å². The third-order valence-corrected chi connectivity index (χ3v) is 3.84. The number of benzene rings is 1. The van der Waals surface area contributed by atoms with Crippen molar-refractivity contribution in [2.45, 2.75) is 29.1 Å². The Bertz CT molecular complexity index is 368. The van der Waals surface area contributed by atoms with Crippen molar-refractivity contribution in [3.8, 4) is 0 Å². The third-order valence-electron chi connectivity index (χ3n) is 2.16. The smallest absolute Gasteiger partial charge is 0.160 e. The first-order valence-corrected chi connectivity index (χ1v) is 7.43. The average molecular weight is 348 g/mol. The maximum absolute atomic E-state index is 12.4. The van der Waals surface area contributed by atoms with Crippen molar-refractivity contribution in [3.63, 3.8) is 0 Å². The average Bonchev–Trinajstić information content (AvgIpc) is 2.25. The Morgan fingerprint density at radius 3 is 2.53 bits per heavy atom. The second kappa shape index (κ2) is 6.90. The van der Waals surface area contributed by atoms with Crippen molar-refractivity contribution in [3.05, 3.63) is 29.3 Å². The summed E-state index contributed by atoms with van der Waals surface area (Å²) in [6.07, 6.45) is 1.39. The van der Waals surface area contributed by atoms with Crippen LogP contribution in [-0.4, -0.2) is 10.8 Å². The summed E-state index contributed by atoms with van der Waals surface area (Å²) in [5.74, 6) is 0.240. The number of hydrogen-bond donors (Lipinski definition) is 0. The number of alkyl halides is 5. The number of thioether (sulfide) groups is 1. The van der Waals surface area contributed by atoms with E-state index in [1.807, 2.05) is 0 Å². The van der Waals surface area contributed by atoms with Crippen LogP contribution in [0.3, 0.4) is 0 Å². The molecule has 0 saturated heterocycles. The lowest BCUT2D eigenvalue weighted by Crippen LogP contribution is -2.03. The zero-order valence-corrected chi connectivity index (χ0v) is 12.0. The summed E-state index contributed by atoms with van der Waals surface area (Å²) >= 11 is 8.96. The summed E-state index contributed by atoms with van der Waals surface area (Å²) in [6.45, 7) is 0. The standard InChI is InChI=1S/C11H11BrClF3S/c12-6-2-4-9-8(7-13)3-1-5-10(9)17-11(14,15)16/h1,3,5H,2,4,6-7H2. The maximum atomic E-state index is 12.4. The molecular weight excluding hydrogens is 337 g/mol. The Balaban J connectivity index is 3.01. The molecule has 0 N–H and O–H groups in total. The summed E-state index contributed by atoms with van der Waals surface area (Å²) in [4.78, 5) is 0.261. The molecule has 0 radical (unpaired) electrons. The van der Waals surface area contributed by atoms with E-state index in [-0.39, 0.29) is 22.5 Å². The molecule has 1 aromatic carbocycles. The molecule has 0 heterocycles. The normalized spacial score (nSPS) is 11.8. The first-order chi connectivity index (χ1) is 7.98. The summed E-state index contributed by atoms with van der Waals surface area (Å²) in [5.41, 5.74) is -2.76. The van der Waals surface area contributed by atoms with E-state index < -0.39 is 5.51 Å². The zero-order valence-electron chi connectivity index (χ0n) is 8.86. The van der Waals surface area contributed by atoms with Gasteiger partial charge in [-0.2, -0.15) is 13.2 Å². The molecule has 0 fully saturated rings. The number of rotatable bonds is 5. The van der Waals surface area contributed by atoms with Crippen molar-refractivity contribution in [2.24, 2.45) is 0 Å². The summed E-state index contributed by atoms with van der Waals surface area (Å²) in [7, 11) is 0. The topological polar surface area (TPSA) is 0 Å². The molecule has 1 aromatic rings. The number of hydrogen-bond acceptors (Lipinski definition) is 1. The van der Waals surface area contributed by atoms with Crippen LogP contribution in [0.2, 0.25) is 0 Å². The van der Waals surface area contributed by atoms with E-state index in [9.17, 15) is 13.2 Å². The maximum Gasteiger partial charge on any atom is 0.446 e. The molecule has 0 saturated carbocycles. The van der Waals surface area contributed by atoms with Crippen molar-refractivity contribution in [1.29, 1.82) is 0 Å². The van der Waals surface area contributed by atoms with Gasteiger partial charge in [-0.3, -0.25) is 0 Å². The lowest BCUT2D eigenvalue weighted by atomic mass is 10.0. The van der Waals surface area contributed by atoms with E-state index in [4.69, 9.17) is 11.6 Å². The van der Waals surface area contributed by atoms with Gasteiger partial charge in [-0.05, 0) is 41.8 Å². The van der Waals surface area contributed by atoms with Gasteiger partial charge in [0.05, 0.1) is 0 Å². The lowest BCUT2D eigenvalue weighted by Gasteiger charge is -2.14. The van der Waals surface area contributed by atoms with Crippen molar-refractivity contribution in [2.75, 3.05) is 5.33 Å². The van der Waals surface area contributed by atoms with Crippen LogP contribution >= 0.6 is 39.3 Å². The first-order valence-electron chi connectivity index (χ1n) is 4.96. The van der Waals surface area contributed by atoms with Gasteiger partial charge in [0.25, 0.3) is 0 Å². The predicted octanol–water partition coefficient (Wildman–Crippen LogP) is 5.36. The molecule has 0 bridgehead atoms. The minimum Gasteiger partial charge on any atom is -0.160 e. The first kappa shape index (κ1) is 15.2. The minimum atomic E-state index is -4.26. The van der Waals surface area contributed by atoms with Crippen LogP contribution in [0.1, 0.15) is 17.5 Å². The predicted molar refractivity (Wildman–Crippen MR) is 70.0 cm³/mol. The van der Waals surface area contributed by atoms with Crippen LogP contribution in [-0.2, 0) is 12.3 Å². The highest BCUT2D eigenvalue weighted by Gasteiger charge is 2.30. The van der Waals surface area contributed by atoms with Crippen LogP contribution in [0.4, 0.5) is 13.2 Å². The van der Waals surface area contributed by atoms with E-state index in [2.05, 4.69) is 15.9 Å². The van der Waals surface area contributed by atoms with Gasteiger partial charge in [0.2, 0.25) is 0 Å². The van der Waals surface area contributed by atoms with E-state index >= 15 is 0 Å². The van der Waals surface area contributed by atoms with Crippen molar-refractivity contribution in [1.82, 2.24) is 0 Å². The quantitative estimate of drug-likeness (QED) is 0.510. The van der Waals surface area contributed by atoms with Crippen LogP contribution in [0, 0.1) is 0 Å². The van der Waals surface area contributed by atoms with Gasteiger partial charge in [-0.25, -0.2) is 0 Å². The summed E-state index contributed by atoms with van der Waals surface area (Å²) in [5, 5.41) is 0.764. The second-order valence-corrected chi connectivity index (χ2v) is 5.53. The van der Waals surface area contributed by atoms with Gasteiger partial charge < -0.3 is 0 Å². The van der Waals surface area contributed by atoms with Crippen LogP contribution < -0.4 is 0 Å². The molecule has 17 heavy (non-hydrogen) atoms. The van der Waals surface area contributed by atoms with Gasteiger partial charge in [0.15, 0.2) is 0 Å². The molecule has 0 spiro atoms. The fourth-order valence-corrected chi connectivity index (χ4v) is 2.77. The largest absolute Gasteiger partial charge is 0.446 e. The Morgan fingerprint density at radius 2 is 2.00 bits per heavy atom. The third kappa shape index (κ3) is 5.10.